The van der Waals surface area contributed by atoms with E-state index in [1.165, 1.54) is 34.4 Å². The summed E-state index contributed by atoms with van der Waals surface area (Å²) in [6.07, 6.45) is 5.47. The van der Waals surface area contributed by atoms with Crippen molar-refractivity contribution in [2.45, 2.75) is 25.1 Å². The summed E-state index contributed by atoms with van der Waals surface area (Å²) in [6.45, 7) is 1.38. The van der Waals surface area contributed by atoms with Crippen LogP contribution >= 0.6 is 0 Å². The van der Waals surface area contributed by atoms with Gasteiger partial charge in [-0.25, -0.2) is 27.2 Å². The fourth-order valence-electron chi connectivity index (χ4n) is 3.48. The minimum Gasteiger partial charge on any atom is -0.381 e. The fraction of sp³-hybridized carbons (Fsp3) is 0.190. The smallest absolute Gasteiger partial charge is 0.137 e. The van der Waals surface area contributed by atoms with Crippen molar-refractivity contribution < 1.29 is 22.7 Å². The number of halogens is 4. The second-order valence-corrected chi connectivity index (χ2v) is 7.18. The van der Waals surface area contributed by atoms with E-state index in [1.807, 2.05) is 0 Å². The number of nitrogens with zero attached hydrogens (tertiary/aromatic N) is 5. The molecule has 0 saturated heterocycles. The van der Waals surface area contributed by atoms with Gasteiger partial charge in [-0.15, -0.1) is 0 Å². The Bertz CT molecular complexity index is 1190. The minimum absolute atomic E-state index is 0.161. The first-order chi connectivity index (χ1) is 14.8. The zero-order valence-electron chi connectivity index (χ0n) is 16.3. The molecule has 10 heteroatoms. The summed E-state index contributed by atoms with van der Waals surface area (Å²) in [5.41, 5.74) is -1.43. The summed E-state index contributed by atoms with van der Waals surface area (Å²) in [5.74, 6) is -3.21. The summed E-state index contributed by atoms with van der Waals surface area (Å²) in [6, 6.07) is 5.05. The Morgan fingerprint density at radius 1 is 0.968 bits per heavy atom. The number of rotatable bonds is 6. The Hall–Kier alpha value is -3.53. The van der Waals surface area contributed by atoms with E-state index in [-0.39, 0.29) is 17.7 Å². The van der Waals surface area contributed by atoms with Crippen molar-refractivity contribution in [3.8, 4) is 11.1 Å². The molecule has 0 unspecified atom stereocenters. The molecule has 4 aromatic rings. The lowest BCUT2D eigenvalue weighted by Gasteiger charge is -2.34. The molecule has 0 saturated carbocycles. The van der Waals surface area contributed by atoms with Crippen molar-refractivity contribution in [2.24, 2.45) is 0 Å². The van der Waals surface area contributed by atoms with E-state index in [4.69, 9.17) is 0 Å². The average Bonchev–Trinajstić information content (AvgIpc) is 3.38. The van der Waals surface area contributed by atoms with Crippen LogP contribution in [0.1, 0.15) is 18.5 Å². The van der Waals surface area contributed by atoms with Gasteiger partial charge in [-0.05, 0) is 30.7 Å². The van der Waals surface area contributed by atoms with Gasteiger partial charge < -0.3 is 5.11 Å². The Morgan fingerprint density at radius 2 is 1.71 bits per heavy atom. The molecular formula is C21H17F4N5O. The highest BCUT2D eigenvalue weighted by molar-refractivity contribution is 5.61. The van der Waals surface area contributed by atoms with E-state index in [2.05, 4.69) is 15.2 Å². The van der Waals surface area contributed by atoms with Gasteiger partial charge in [0.25, 0.3) is 0 Å². The number of hydrogen-bond acceptors (Lipinski definition) is 4. The van der Waals surface area contributed by atoms with Crippen LogP contribution in [0.15, 0.2) is 61.4 Å². The minimum atomic E-state index is -1.91. The molecule has 160 valence electrons. The van der Waals surface area contributed by atoms with Crippen LogP contribution in [-0.4, -0.2) is 29.7 Å². The quantitative estimate of drug-likeness (QED) is 0.471. The van der Waals surface area contributed by atoms with Gasteiger partial charge in [0.05, 0.1) is 18.8 Å². The predicted molar refractivity (Wildman–Crippen MR) is 103 cm³/mol. The Morgan fingerprint density at radius 3 is 2.35 bits per heavy atom. The third-order valence-electron chi connectivity index (χ3n) is 5.15. The lowest BCUT2D eigenvalue weighted by atomic mass is 9.86. The third-order valence-corrected chi connectivity index (χ3v) is 5.15. The molecular weight excluding hydrogens is 414 g/mol. The molecule has 0 aliphatic rings. The van der Waals surface area contributed by atoms with Crippen molar-refractivity contribution in [2.75, 3.05) is 0 Å². The Kier molecular flexibility index (Phi) is 5.32. The van der Waals surface area contributed by atoms with Crippen LogP contribution < -0.4 is 0 Å². The standard InChI is InChI=1S/C21H17F4N5O/c1-13(30-9-15(8-27-30)14-4-17(23)6-18(24)5-14)21(31,10-29-12-26-11-28-29)19-3-2-16(22)7-20(19)25/h2-9,11-13,31H,10H2,1H3/t13-,21-/m1/s1. The van der Waals surface area contributed by atoms with Gasteiger partial charge in [0.2, 0.25) is 0 Å². The van der Waals surface area contributed by atoms with E-state index in [1.54, 1.807) is 6.92 Å². The molecule has 1 N–H and O–H groups in total. The number of hydrogen-bond donors (Lipinski definition) is 1. The summed E-state index contributed by atoms with van der Waals surface area (Å²) in [5, 5.41) is 19.7. The Labute approximate surface area is 174 Å². The van der Waals surface area contributed by atoms with Crippen molar-refractivity contribution in [3.05, 3.63) is 90.3 Å². The lowest BCUT2D eigenvalue weighted by Crippen LogP contribution is -2.40. The maximum Gasteiger partial charge on any atom is 0.137 e. The molecule has 2 aromatic heterocycles. The summed E-state index contributed by atoms with van der Waals surface area (Å²) >= 11 is 0. The molecule has 0 amide bonds. The normalized spacial score (nSPS) is 14.4. The van der Waals surface area contributed by atoms with E-state index >= 15 is 0 Å². The molecule has 2 aromatic carbocycles. The van der Waals surface area contributed by atoms with E-state index < -0.39 is 34.9 Å². The number of aromatic nitrogens is 5. The van der Waals surface area contributed by atoms with Gasteiger partial charge in [0, 0.05) is 29.5 Å². The highest BCUT2D eigenvalue weighted by atomic mass is 19.1. The molecule has 0 bridgehead atoms. The van der Waals surface area contributed by atoms with Crippen LogP contribution in [0.2, 0.25) is 0 Å². The molecule has 0 spiro atoms. The largest absolute Gasteiger partial charge is 0.381 e. The third kappa shape index (κ3) is 4.06. The van der Waals surface area contributed by atoms with Crippen molar-refractivity contribution in [1.29, 1.82) is 0 Å². The maximum atomic E-state index is 14.7. The fourth-order valence-corrected chi connectivity index (χ4v) is 3.48. The first-order valence-corrected chi connectivity index (χ1v) is 9.27. The molecule has 6 nitrogen and oxygen atoms in total. The molecule has 0 aliphatic carbocycles. The van der Waals surface area contributed by atoms with Gasteiger partial charge >= 0.3 is 0 Å². The van der Waals surface area contributed by atoms with Crippen LogP contribution in [-0.2, 0) is 12.1 Å². The van der Waals surface area contributed by atoms with E-state index in [0.717, 1.165) is 30.3 Å². The van der Waals surface area contributed by atoms with Gasteiger partial charge in [0.1, 0.15) is 41.5 Å². The molecule has 0 aliphatic heterocycles. The summed E-state index contributed by atoms with van der Waals surface area (Å²) < 4.78 is 57.9. The van der Waals surface area contributed by atoms with Crippen molar-refractivity contribution >= 4 is 0 Å². The molecule has 31 heavy (non-hydrogen) atoms. The SMILES string of the molecule is C[C@@H](n1cc(-c2cc(F)cc(F)c2)cn1)[C@](O)(Cn1cncn1)c1ccc(F)cc1F. The summed E-state index contributed by atoms with van der Waals surface area (Å²) in [7, 11) is 0. The van der Waals surface area contributed by atoms with Crippen LogP contribution in [0.5, 0.6) is 0 Å². The monoisotopic (exact) mass is 431 g/mol. The second-order valence-electron chi connectivity index (χ2n) is 7.18. The highest BCUT2D eigenvalue weighted by Gasteiger charge is 2.40. The zero-order chi connectivity index (χ0) is 22.2. The zero-order valence-corrected chi connectivity index (χ0v) is 16.3. The molecule has 0 radical (unpaired) electrons. The van der Waals surface area contributed by atoms with Crippen molar-refractivity contribution in [1.82, 2.24) is 24.5 Å². The van der Waals surface area contributed by atoms with Gasteiger partial charge in [-0.1, -0.05) is 6.07 Å². The van der Waals surface area contributed by atoms with Crippen LogP contribution in [0.3, 0.4) is 0 Å². The molecule has 4 rings (SSSR count). The molecule has 2 heterocycles. The lowest BCUT2D eigenvalue weighted by molar-refractivity contribution is -0.0368. The average molecular weight is 431 g/mol. The molecule has 0 fully saturated rings. The maximum absolute atomic E-state index is 14.7. The number of aliphatic hydroxyl groups is 1. The first kappa shape index (κ1) is 20.7. The van der Waals surface area contributed by atoms with Gasteiger partial charge in [-0.2, -0.15) is 10.2 Å². The predicted octanol–water partition coefficient (Wildman–Crippen LogP) is 3.85. The van der Waals surface area contributed by atoms with Crippen molar-refractivity contribution in [3.63, 3.8) is 0 Å². The van der Waals surface area contributed by atoms with Crippen LogP contribution in [0.4, 0.5) is 17.6 Å². The highest BCUT2D eigenvalue weighted by Crippen LogP contribution is 2.37. The molecule has 2 atom stereocenters. The van der Waals surface area contributed by atoms with E-state index in [0.29, 0.717) is 11.6 Å². The van der Waals surface area contributed by atoms with Crippen LogP contribution in [0.25, 0.3) is 11.1 Å². The van der Waals surface area contributed by atoms with Crippen LogP contribution in [0, 0.1) is 23.3 Å². The topological polar surface area (TPSA) is 68.8 Å². The Balaban J connectivity index is 1.76. The first-order valence-electron chi connectivity index (χ1n) is 9.27. The number of benzene rings is 2. The van der Waals surface area contributed by atoms with Gasteiger partial charge in [-0.3, -0.25) is 4.68 Å². The summed E-state index contributed by atoms with van der Waals surface area (Å²) in [4.78, 5) is 3.82. The second kappa shape index (κ2) is 7.95. The van der Waals surface area contributed by atoms with E-state index in [9.17, 15) is 22.7 Å². The van der Waals surface area contributed by atoms with Gasteiger partial charge in [0.15, 0.2) is 0 Å².